The highest BCUT2D eigenvalue weighted by molar-refractivity contribution is 9.10. The molecule has 1 fully saturated rings. The molecule has 0 N–H and O–H groups in total. The number of likely N-dealkylation sites (tertiary alicyclic amines) is 1. The zero-order chi connectivity index (χ0) is 18.9. The maximum Gasteiger partial charge on any atom is 0.410 e. The predicted octanol–water partition coefficient (Wildman–Crippen LogP) is 5.74. The quantitative estimate of drug-likeness (QED) is 0.625. The molecule has 2 aromatic rings. The van der Waals surface area contributed by atoms with Gasteiger partial charge in [-0.15, -0.1) is 0 Å². The summed E-state index contributed by atoms with van der Waals surface area (Å²) >= 11 is 3.51. The number of ether oxygens (including phenoxy) is 1. The number of carbonyl (C=O) groups excluding carboxylic acids is 1. The third-order valence-electron chi connectivity index (χ3n) is 5.05. The molecule has 3 rings (SSSR count). The van der Waals surface area contributed by atoms with Crippen LogP contribution >= 0.6 is 15.9 Å². The number of nitrogens with zero attached hydrogens (tertiary/aromatic N) is 1. The molecule has 0 spiro atoms. The molecule has 1 heterocycles. The Hall–Kier alpha value is -1.81. The van der Waals surface area contributed by atoms with E-state index in [1.165, 1.54) is 11.1 Å². The molecule has 4 heteroatoms. The molecule has 1 saturated heterocycles. The lowest BCUT2D eigenvalue weighted by Gasteiger charge is -2.31. The molecule has 0 aliphatic carbocycles. The molecular weight excluding hydrogens is 390 g/mol. The highest BCUT2D eigenvalue weighted by atomic mass is 79.9. The highest BCUT2D eigenvalue weighted by Crippen LogP contribution is 2.45. The molecule has 1 amide bonds. The Morgan fingerprint density at radius 3 is 2.31 bits per heavy atom. The Balaban J connectivity index is 1.96. The van der Waals surface area contributed by atoms with E-state index in [0.717, 1.165) is 4.47 Å². The highest BCUT2D eigenvalue weighted by Gasteiger charge is 2.47. The van der Waals surface area contributed by atoms with Gasteiger partial charge in [0.05, 0.1) is 0 Å². The van der Waals surface area contributed by atoms with E-state index < -0.39 is 5.60 Å². The van der Waals surface area contributed by atoms with Crippen LogP contribution in [0.3, 0.4) is 0 Å². The second kappa shape index (κ2) is 7.07. The van der Waals surface area contributed by atoms with Gasteiger partial charge >= 0.3 is 6.09 Å². The van der Waals surface area contributed by atoms with Gasteiger partial charge in [0.25, 0.3) is 0 Å². The number of amides is 1. The summed E-state index contributed by atoms with van der Waals surface area (Å²) in [5.74, 6) is 0.213. The van der Waals surface area contributed by atoms with Crippen LogP contribution in [0.15, 0.2) is 59.1 Å². The summed E-state index contributed by atoms with van der Waals surface area (Å²) in [4.78, 5) is 14.6. The second-order valence-electron chi connectivity index (χ2n) is 8.25. The Labute approximate surface area is 164 Å². The van der Waals surface area contributed by atoms with E-state index in [9.17, 15) is 4.79 Å². The van der Waals surface area contributed by atoms with Crippen LogP contribution in [0.2, 0.25) is 0 Å². The van der Waals surface area contributed by atoms with E-state index in [-0.39, 0.29) is 17.4 Å². The summed E-state index contributed by atoms with van der Waals surface area (Å²) < 4.78 is 6.69. The fourth-order valence-corrected chi connectivity index (χ4v) is 4.00. The van der Waals surface area contributed by atoms with Gasteiger partial charge < -0.3 is 9.64 Å². The average molecular weight is 416 g/mol. The molecule has 2 aromatic carbocycles. The van der Waals surface area contributed by atoms with E-state index >= 15 is 0 Å². The lowest BCUT2D eigenvalue weighted by Crippen LogP contribution is -2.37. The van der Waals surface area contributed by atoms with E-state index in [1.54, 1.807) is 0 Å². The minimum absolute atomic E-state index is 0.161. The van der Waals surface area contributed by atoms with Gasteiger partial charge in [-0.05, 0) is 44.0 Å². The van der Waals surface area contributed by atoms with E-state index in [2.05, 4.69) is 71.4 Å². The third-order valence-corrected chi connectivity index (χ3v) is 5.58. The number of rotatable bonds is 2. The van der Waals surface area contributed by atoms with Gasteiger partial charge in [0.15, 0.2) is 0 Å². The average Bonchev–Trinajstić information content (AvgIpc) is 2.94. The predicted molar refractivity (Wildman–Crippen MR) is 108 cm³/mol. The van der Waals surface area contributed by atoms with Gasteiger partial charge in [0.1, 0.15) is 5.60 Å². The summed E-state index contributed by atoms with van der Waals surface area (Å²) in [6.45, 7) is 9.27. The molecule has 26 heavy (non-hydrogen) atoms. The van der Waals surface area contributed by atoms with Crippen LogP contribution in [0.5, 0.6) is 0 Å². The first kappa shape index (κ1) is 19.0. The lowest BCUT2D eigenvalue weighted by atomic mass is 9.71. The molecule has 138 valence electrons. The minimum atomic E-state index is -0.490. The number of benzene rings is 2. The van der Waals surface area contributed by atoms with Crippen molar-refractivity contribution in [2.75, 3.05) is 13.1 Å². The molecule has 0 bridgehead atoms. The summed E-state index contributed by atoms with van der Waals surface area (Å²) in [7, 11) is 0. The molecule has 2 unspecified atom stereocenters. The van der Waals surface area contributed by atoms with Crippen LogP contribution in [-0.2, 0) is 10.2 Å². The topological polar surface area (TPSA) is 29.5 Å². The van der Waals surface area contributed by atoms with Crippen LogP contribution in [0.4, 0.5) is 4.79 Å². The van der Waals surface area contributed by atoms with Crippen LogP contribution in [0.25, 0.3) is 0 Å². The SMILES string of the molecule is CC(C)(C)OC(=O)N1CC(c2ccc(Br)cc2)C(C)(c2ccccc2)C1. The first-order chi connectivity index (χ1) is 12.2. The van der Waals surface area contributed by atoms with Crippen molar-refractivity contribution in [1.82, 2.24) is 4.90 Å². The van der Waals surface area contributed by atoms with Crippen LogP contribution < -0.4 is 0 Å². The molecule has 3 nitrogen and oxygen atoms in total. The maximum absolute atomic E-state index is 12.7. The standard InChI is InChI=1S/C22H26BrNO2/c1-21(2,3)26-20(25)24-14-19(16-10-12-18(23)13-11-16)22(4,15-24)17-8-6-5-7-9-17/h5-13,19H,14-15H2,1-4H3. The van der Waals surface area contributed by atoms with E-state index in [0.29, 0.717) is 13.1 Å². The van der Waals surface area contributed by atoms with Gasteiger partial charge in [0, 0.05) is 28.9 Å². The lowest BCUT2D eigenvalue weighted by molar-refractivity contribution is 0.0284. The Morgan fingerprint density at radius 1 is 1.12 bits per heavy atom. The van der Waals surface area contributed by atoms with Gasteiger partial charge in [-0.3, -0.25) is 0 Å². The molecule has 2 atom stereocenters. The number of carbonyl (C=O) groups is 1. The van der Waals surface area contributed by atoms with Crippen molar-refractivity contribution >= 4 is 22.0 Å². The van der Waals surface area contributed by atoms with Crippen LogP contribution in [0, 0.1) is 0 Å². The molecule has 0 radical (unpaired) electrons. The van der Waals surface area contributed by atoms with Crippen molar-refractivity contribution < 1.29 is 9.53 Å². The van der Waals surface area contributed by atoms with Crippen LogP contribution in [0.1, 0.15) is 44.7 Å². The molecule has 1 aliphatic rings. The molecular formula is C22H26BrNO2. The molecule has 1 aliphatic heterocycles. The van der Waals surface area contributed by atoms with E-state index in [4.69, 9.17) is 4.74 Å². The maximum atomic E-state index is 12.7. The Morgan fingerprint density at radius 2 is 1.73 bits per heavy atom. The van der Waals surface area contributed by atoms with Crippen molar-refractivity contribution in [3.8, 4) is 0 Å². The van der Waals surface area contributed by atoms with Gasteiger partial charge in [-0.25, -0.2) is 4.79 Å². The van der Waals surface area contributed by atoms with Gasteiger partial charge in [-0.1, -0.05) is 65.3 Å². The summed E-state index contributed by atoms with van der Waals surface area (Å²) in [5, 5.41) is 0. The third kappa shape index (κ3) is 3.96. The summed E-state index contributed by atoms with van der Waals surface area (Å²) in [6.07, 6.45) is -0.237. The van der Waals surface area contributed by atoms with Gasteiger partial charge in [0.2, 0.25) is 0 Å². The first-order valence-corrected chi connectivity index (χ1v) is 9.77. The summed E-state index contributed by atoms with van der Waals surface area (Å²) in [6, 6.07) is 18.9. The molecule has 0 saturated carbocycles. The molecule has 0 aromatic heterocycles. The number of hydrogen-bond acceptors (Lipinski definition) is 2. The summed E-state index contributed by atoms with van der Waals surface area (Å²) in [5.41, 5.74) is 1.84. The first-order valence-electron chi connectivity index (χ1n) is 8.98. The smallest absolute Gasteiger partial charge is 0.410 e. The van der Waals surface area contributed by atoms with Crippen molar-refractivity contribution in [2.45, 2.75) is 44.6 Å². The van der Waals surface area contributed by atoms with Crippen molar-refractivity contribution in [2.24, 2.45) is 0 Å². The normalized spacial score (nSPS) is 23.1. The van der Waals surface area contributed by atoms with Crippen molar-refractivity contribution in [3.63, 3.8) is 0 Å². The van der Waals surface area contributed by atoms with Gasteiger partial charge in [-0.2, -0.15) is 0 Å². The Kier molecular flexibility index (Phi) is 5.16. The fourth-order valence-electron chi connectivity index (χ4n) is 3.74. The Bertz CT molecular complexity index is 767. The zero-order valence-electron chi connectivity index (χ0n) is 15.8. The zero-order valence-corrected chi connectivity index (χ0v) is 17.4. The largest absolute Gasteiger partial charge is 0.444 e. The van der Waals surface area contributed by atoms with Crippen LogP contribution in [-0.4, -0.2) is 29.7 Å². The number of halogens is 1. The minimum Gasteiger partial charge on any atom is -0.444 e. The number of hydrogen-bond donors (Lipinski definition) is 0. The van der Waals surface area contributed by atoms with Crippen molar-refractivity contribution in [3.05, 3.63) is 70.2 Å². The fraction of sp³-hybridized carbons (Fsp3) is 0.409. The second-order valence-corrected chi connectivity index (χ2v) is 9.16. The van der Waals surface area contributed by atoms with E-state index in [1.807, 2.05) is 31.7 Å². The van der Waals surface area contributed by atoms with Crippen molar-refractivity contribution in [1.29, 1.82) is 0 Å². The monoisotopic (exact) mass is 415 g/mol.